The zero-order valence-corrected chi connectivity index (χ0v) is 8.92. The minimum atomic E-state index is -3.03. The number of ether oxygens (including phenoxy) is 1. The third-order valence-corrected chi connectivity index (χ3v) is 2.01. The van der Waals surface area contributed by atoms with Crippen LogP contribution in [-0.2, 0) is 11.2 Å². The van der Waals surface area contributed by atoms with E-state index in [1.807, 2.05) is 0 Å². The first-order valence-electron chi connectivity index (χ1n) is 4.75. The van der Waals surface area contributed by atoms with E-state index >= 15 is 0 Å². The van der Waals surface area contributed by atoms with Gasteiger partial charge in [-0.05, 0) is 30.7 Å². The van der Waals surface area contributed by atoms with Crippen molar-refractivity contribution < 1.29 is 27.1 Å². The molecule has 0 N–H and O–H groups in total. The van der Waals surface area contributed by atoms with E-state index in [2.05, 4.69) is 4.74 Å². The number of ketones is 1. The predicted molar refractivity (Wildman–Crippen MR) is 52.4 cm³/mol. The van der Waals surface area contributed by atoms with Crippen molar-refractivity contribution in [2.75, 3.05) is 0 Å². The zero-order chi connectivity index (χ0) is 13.0. The summed E-state index contributed by atoms with van der Waals surface area (Å²) in [5.74, 6) is -0.568. The highest BCUT2D eigenvalue weighted by Gasteiger charge is 2.16. The molecule has 0 saturated carbocycles. The molecule has 6 heteroatoms. The van der Waals surface area contributed by atoms with E-state index in [-0.39, 0.29) is 29.1 Å². The van der Waals surface area contributed by atoms with Crippen molar-refractivity contribution in [3.8, 4) is 5.75 Å². The molecule has 1 rings (SSSR count). The number of carbonyl (C=O) groups excluding carboxylic acids is 1. The Bertz CT molecular complexity index is 404. The molecule has 0 aromatic heterocycles. The average molecular weight is 250 g/mol. The van der Waals surface area contributed by atoms with E-state index in [1.165, 1.54) is 6.92 Å². The van der Waals surface area contributed by atoms with Crippen LogP contribution in [0.4, 0.5) is 17.6 Å². The van der Waals surface area contributed by atoms with Crippen LogP contribution in [0.3, 0.4) is 0 Å². The summed E-state index contributed by atoms with van der Waals surface area (Å²) in [5, 5.41) is 0. The van der Waals surface area contributed by atoms with Gasteiger partial charge in [0, 0.05) is 12.0 Å². The summed E-state index contributed by atoms with van der Waals surface area (Å²) in [7, 11) is 0. The van der Waals surface area contributed by atoms with Gasteiger partial charge in [-0.2, -0.15) is 8.78 Å². The Morgan fingerprint density at radius 3 is 2.41 bits per heavy atom. The van der Waals surface area contributed by atoms with Crippen molar-refractivity contribution in [3.63, 3.8) is 0 Å². The topological polar surface area (TPSA) is 26.3 Å². The lowest BCUT2D eigenvalue weighted by molar-refractivity contribution is -0.116. The van der Waals surface area contributed by atoms with Crippen molar-refractivity contribution in [2.24, 2.45) is 0 Å². The highest BCUT2D eigenvalue weighted by Crippen LogP contribution is 2.27. The van der Waals surface area contributed by atoms with Gasteiger partial charge in [0.15, 0.2) is 0 Å². The van der Waals surface area contributed by atoms with E-state index in [4.69, 9.17) is 0 Å². The lowest BCUT2D eigenvalue weighted by Crippen LogP contribution is -2.05. The number of benzene rings is 1. The largest absolute Gasteiger partial charge is 0.435 e. The molecule has 0 amide bonds. The summed E-state index contributed by atoms with van der Waals surface area (Å²) in [4.78, 5) is 10.9. The molecule has 17 heavy (non-hydrogen) atoms. The fraction of sp³-hybridized carbons (Fsp3) is 0.364. The maximum atomic E-state index is 12.6. The van der Waals surface area contributed by atoms with Crippen LogP contribution in [0.15, 0.2) is 18.2 Å². The van der Waals surface area contributed by atoms with Crippen LogP contribution in [0.25, 0.3) is 0 Å². The molecule has 0 unspecified atom stereocenters. The van der Waals surface area contributed by atoms with Gasteiger partial charge in [0.25, 0.3) is 6.43 Å². The second-order valence-corrected chi connectivity index (χ2v) is 3.42. The molecule has 1 aromatic rings. The van der Waals surface area contributed by atoms with E-state index < -0.39 is 13.0 Å². The van der Waals surface area contributed by atoms with E-state index in [1.54, 1.807) is 0 Å². The summed E-state index contributed by atoms with van der Waals surface area (Å²) in [6.07, 6.45) is -3.00. The van der Waals surface area contributed by atoms with E-state index in [0.717, 1.165) is 18.2 Å². The van der Waals surface area contributed by atoms with Gasteiger partial charge in [-0.3, -0.25) is 4.79 Å². The SMILES string of the molecule is CC(=O)Cc1cc(OC(F)F)ccc1C(F)F. The molecule has 0 heterocycles. The minimum absolute atomic E-state index is 0.00523. The smallest absolute Gasteiger partial charge is 0.387 e. The van der Waals surface area contributed by atoms with Crippen molar-refractivity contribution >= 4 is 5.78 Å². The van der Waals surface area contributed by atoms with Crippen LogP contribution in [0.1, 0.15) is 24.5 Å². The molecular formula is C11H10F4O2. The van der Waals surface area contributed by atoms with Crippen LogP contribution in [0, 0.1) is 0 Å². The molecule has 2 nitrogen and oxygen atoms in total. The van der Waals surface area contributed by atoms with Gasteiger partial charge >= 0.3 is 6.61 Å². The first-order chi connectivity index (χ1) is 7.90. The fourth-order valence-corrected chi connectivity index (χ4v) is 1.39. The first kappa shape index (κ1) is 13.5. The number of hydrogen-bond donors (Lipinski definition) is 0. The van der Waals surface area contributed by atoms with Gasteiger partial charge in [0.2, 0.25) is 0 Å². The predicted octanol–water partition coefficient (Wildman–Crippen LogP) is 3.36. The Labute approximate surface area is 95.2 Å². The maximum Gasteiger partial charge on any atom is 0.387 e. The highest BCUT2D eigenvalue weighted by atomic mass is 19.3. The normalized spacial score (nSPS) is 11.0. The molecule has 0 aliphatic rings. The van der Waals surface area contributed by atoms with Gasteiger partial charge in [0.1, 0.15) is 11.5 Å². The summed E-state index contributed by atoms with van der Waals surface area (Å²) in [5.41, 5.74) is -0.340. The molecule has 0 aliphatic heterocycles. The Kier molecular flexibility index (Phi) is 4.48. The van der Waals surface area contributed by atoms with Crippen molar-refractivity contribution in [3.05, 3.63) is 29.3 Å². The molecule has 94 valence electrons. The van der Waals surface area contributed by atoms with Crippen molar-refractivity contribution in [2.45, 2.75) is 26.4 Å². The maximum absolute atomic E-state index is 12.6. The first-order valence-corrected chi connectivity index (χ1v) is 4.75. The van der Waals surface area contributed by atoms with Gasteiger partial charge in [-0.1, -0.05) is 0 Å². The molecule has 1 aromatic carbocycles. The van der Waals surface area contributed by atoms with Crippen LogP contribution in [-0.4, -0.2) is 12.4 Å². The fourth-order valence-electron chi connectivity index (χ4n) is 1.39. The molecule has 0 spiro atoms. The zero-order valence-electron chi connectivity index (χ0n) is 8.92. The monoisotopic (exact) mass is 250 g/mol. The molecular weight excluding hydrogens is 240 g/mol. The summed E-state index contributed by atoms with van der Waals surface area (Å²) in [6.45, 7) is -1.80. The number of Topliss-reactive ketones (excluding diaryl/α,β-unsaturated/α-hetero) is 1. The quantitative estimate of drug-likeness (QED) is 0.749. The summed E-state index contributed by atoms with van der Waals surface area (Å²) < 4.78 is 53.1. The molecule has 0 saturated heterocycles. The van der Waals surface area contributed by atoms with Crippen LogP contribution in [0.2, 0.25) is 0 Å². The average Bonchev–Trinajstić information content (AvgIpc) is 2.15. The van der Waals surface area contributed by atoms with Gasteiger partial charge in [-0.15, -0.1) is 0 Å². The number of halogens is 4. The van der Waals surface area contributed by atoms with Gasteiger partial charge < -0.3 is 4.74 Å². The summed E-state index contributed by atoms with van der Waals surface area (Å²) in [6, 6.07) is 3.05. The number of carbonyl (C=O) groups is 1. The highest BCUT2D eigenvalue weighted by molar-refractivity contribution is 5.78. The third kappa shape index (κ3) is 4.05. The molecule has 0 bridgehead atoms. The van der Waals surface area contributed by atoms with Gasteiger partial charge in [0.05, 0.1) is 0 Å². The van der Waals surface area contributed by atoms with Crippen LogP contribution in [0.5, 0.6) is 5.75 Å². The Morgan fingerprint density at radius 1 is 1.29 bits per heavy atom. The van der Waals surface area contributed by atoms with Crippen molar-refractivity contribution in [1.29, 1.82) is 0 Å². The lowest BCUT2D eigenvalue weighted by Gasteiger charge is -2.10. The van der Waals surface area contributed by atoms with Crippen LogP contribution >= 0.6 is 0 Å². The number of hydrogen-bond acceptors (Lipinski definition) is 2. The third-order valence-electron chi connectivity index (χ3n) is 2.01. The second kappa shape index (κ2) is 5.65. The number of rotatable bonds is 5. The van der Waals surface area contributed by atoms with E-state index in [0.29, 0.717) is 0 Å². The Hall–Kier alpha value is -1.59. The molecule has 0 radical (unpaired) electrons. The molecule has 0 atom stereocenters. The second-order valence-electron chi connectivity index (χ2n) is 3.42. The van der Waals surface area contributed by atoms with E-state index in [9.17, 15) is 22.4 Å². The Morgan fingerprint density at radius 2 is 1.94 bits per heavy atom. The minimum Gasteiger partial charge on any atom is -0.435 e. The van der Waals surface area contributed by atoms with Crippen molar-refractivity contribution in [1.82, 2.24) is 0 Å². The number of alkyl halides is 4. The molecule has 0 fully saturated rings. The van der Waals surface area contributed by atoms with Gasteiger partial charge in [-0.25, -0.2) is 8.78 Å². The lowest BCUT2D eigenvalue weighted by atomic mass is 10.0. The summed E-state index contributed by atoms with van der Waals surface area (Å²) >= 11 is 0. The standard InChI is InChI=1S/C11H10F4O2/c1-6(16)4-7-5-8(17-11(14)15)2-3-9(7)10(12)13/h2-3,5,10-11H,4H2,1H3. The van der Waals surface area contributed by atoms with Crippen LogP contribution < -0.4 is 4.74 Å². The molecule has 0 aliphatic carbocycles. The Balaban J connectivity index is 3.05.